The lowest BCUT2D eigenvalue weighted by molar-refractivity contribution is -0.114. The minimum Gasteiger partial charge on any atom is -0.382 e. The first-order valence-corrected chi connectivity index (χ1v) is 8.15. The third-order valence-electron chi connectivity index (χ3n) is 3.96. The summed E-state index contributed by atoms with van der Waals surface area (Å²) in [7, 11) is 0. The Morgan fingerprint density at radius 1 is 1.07 bits per heavy atom. The van der Waals surface area contributed by atoms with Crippen molar-refractivity contribution in [2.24, 2.45) is 0 Å². The van der Waals surface area contributed by atoms with E-state index in [1.807, 2.05) is 30.3 Å². The molecule has 3 aromatic rings. The van der Waals surface area contributed by atoms with Crippen LogP contribution in [0.2, 0.25) is 0 Å². The molecule has 4 rings (SSSR count). The second-order valence-electron chi connectivity index (χ2n) is 5.68. The molecule has 0 fully saturated rings. The van der Waals surface area contributed by atoms with E-state index in [4.69, 9.17) is 5.73 Å². The predicted octanol–water partition coefficient (Wildman–Crippen LogP) is 2.53. The van der Waals surface area contributed by atoms with E-state index in [-0.39, 0.29) is 17.5 Å². The van der Waals surface area contributed by atoms with Gasteiger partial charge in [0.25, 0.3) is 0 Å². The van der Waals surface area contributed by atoms with Crippen LogP contribution in [0, 0.1) is 0 Å². The molecule has 0 bridgehead atoms. The zero-order chi connectivity index (χ0) is 19.2. The van der Waals surface area contributed by atoms with Crippen LogP contribution in [0.25, 0.3) is 11.2 Å². The number of benzene rings is 1. The number of hydrogen-bond donors (Lipinski definition) is 2. The molecule has 0 aliphatic heterocycles. The van der Waals surface area contributed by atoms with Crippen molar-refractivity contribution in [2.75, 3.05) is 5.73 Å². The fourth-order valence-corrected chi connectivity index (χ4v) is 2.66. The topological polar surface area (TPSA) is 115 Å². The molecule has 0 spiro atoms. The van der Waals surface area contributed by atoms with Crippen LogP contribution >= 0.6 is 0 Å². The summed E-state index contributed by atoms with van der Waals surface area (Å²) in [4.78, 5) is 37.4. The van der Waals surface area contributed by atoms with Gasteiger partial charge in [0, 0.05) is 11.5 Å². The number of carbonyl (C=O) groups is 2. The van der Waals surface area contributed by atoms with Crippen molar-refractivity contribution in [3.05, 3.63) is 85.0 Å². The number of nitrogens with zero attached hydrogens (tertiary/aromatic N) is 3. The number of nitrogens with one attached hydrogen (secondary N) is 1. The predicted molar refractivity (Wildman–Crippen MR) is 103 cm³/mol. The summed E-state index contributed by atoms with van der Waals surface area (Å²) in [6.07, 6.45) is 8.61. The summed E-state index contributed by atoms with van der Waals surface area (Å²) < 4.78 is 0. The highest BCUT2D eigenvalue weighted by Crippen LogP contribution is 2.27. The zero-order valence-electron chi connectivity index (χ0n) is 14.4. The lowest BCUT2D eigenvalue weighted by Crippen LogP contribution is -2.13. The van der Waals surface area contributed by atoms with Gasteiger partial charge in [0.2, 0.25) is 0 Å². The van der Waals surface area contributed by atoms with Gasteiger partial charge in [0.15, 0.2) is 23.0 Å². The van der Waals surface area contributed by atoms with Crippen LogP contribution in [-0.2, 0) is 9.59 Å². The van der Waals surface area contributed by atoms with Crippen molar-refractivity contribution in [1.82, 2.24) is 19.9 Å². The Morgan fingerprint density at radius 3 is 2.56 bits per heavy atom. The highest BCUT2D eigenvalue weighted by atomic mass is 16.1. The van der Waals surface area contributed by atoms with Gasteiger partial charge in [0.05, 0.1) is 6.33 Å². The molecular weight excluding hydrogens is 342 g/mol. The Bertz CT molecular complexity index is 1050. The van der Waals surface area contributed by atoms with Gasteiger partial charge in [-0.3, -0.25) is 9.59 Å². The van der Waals surface area contributed by atoms with Crippen LogP contribution in [-0.4, -0.2) is 31.5 Å². The normalized spacial score (nSPS) is 14.3. The molecule has 0 saturated heterocycles. The van der Waals surface area contributed by atoms with Gasteiger partial charge < -0.3 is 10.7 Å². The second kappa shape index (κ2) is 8.01. The average Bonchev–Trinajstić information content (AvgIpc) is 3.17. The largest absolute Gasteiger partial charge is 0.382 e. The molecule has 1 unspecified atom stereocenters. The van der Waals surface area contributed by atoms with Gasteiger partial charge in [-0.1, -0.05) is 36.4 Å². The first-order chi connectivity index (χ1) is 13.1. The molecule has 0 amide bonds. The molecule has 1 aliphatic rings. The van der Waals surface area contributed by atoms with Gasteiger partial charge in [-0.05, 0) is 23.8 Å². The number of ketones is 2. The van der Waals surface area contributed by atoms with Crippen LogP contribution in [0.1, 0.15) is 11.5 Å². The Labute approximate surface area is 155 Å². The van der Waals surface area contributed by atoms with Crippen LogP contribution in [0.5, 0.6) is 0 Å². The van der Waals surface area contributed by atoms with E-state index in [2.05, 4.69) is 26.5 Å². The summed E-state index contributed by atoms with van der Waals surface area (Å²) in [6.45, 7) is 3.74. The lowest BCUT2D eigenvalue weighted by Gasteiger charge is -2.16. The van der Waals surface area contributed by atoms with Gasteiger partial charge in [-0.25, -0.2) is 15.0 Å². The molecule has 2 aromatic heterocycles. The number of fused-ring (bicyclic) bond motifs is 1. The summed E-state index contributed by atoms with van der Waals surface area (Å²) in [6, 6.07) is 9.55. The molecular formula is C20H17N5O2. The summed E-state index contributed by atoms with van der Waals surface area (Å²) in [5.41, 5.74) is 8.23. The standard InChI is InChI=1S/C15H12O2.C5H5N5/c1-2-13(11-6-4-3-5-7-11)14-10-12(16)8-9-15(14)17;6-4-3-5(9-1-7-3)10-2-8-4/h2-10,13H,1H2;1-2H,(H3,6,7,8,9,10). The fourth-order valence-electron chi connectivity index (χ4n) is 2.66. The molecule has 2 heterocycles. The minimum absolute atomic E-state index is 0.127. The van der Waals surface area contributed by atoms with E-state index in [0.717, 1.165) is 5.56 Å². The van der Waals surface area contributed by atoms with Gasteiger partial charge in [-0.2, -0.15) is 0 Å². The third kappa shape index (κ3) is 4.04. The van der Waals surface area contributed by atoms with E-state index < -0.39 is 0 Å². The van der Waals surface area contributed by atoms with Crippen molar-refractivity contribution < 1.29 is 9.59 Å². The summed E-state index contributed by atoms with van der Waals surface area (Å²) in [5, 5.41) is 0. The molecule has 134 valence electrons. The molecule has 1 aliphatic carbocycles. The summed E-state index contributed by atoms with van der Waals surface area (Å²) >= 11 is 0. The van der Waals surface area contributed by atoms with Crippen molar-refractivity contribution in [1.29, 1.82) is 0 Å². The highest BCUT2D eigenvalue weighted by Gasteiger charge is 2.21. The number of rotatable bonds is 3. The number of hydrogen-bond acceptors (Lipinski definition) is 6. The van der Waals surface area contributed by atoms with Crippen LogP contribution in [0.15, 0.2) is 79.4 Å². The highest BCUT2D eigenvalue weighted by molar-refractivity contribution is 6.18. The van der Waals surface area contributed by atoms with E-state index in [1.165, 1.54) is 30.9 Å². The van der Waals surface area contributed by atoms with Crippen LogP contribution < -0.4 is 5.73 Å². The average molecular weight is 359 g/mol. The number of aromatic nitrogens is 4. The lowest BCUT2D eigenvalue weighted by atomic mass is 9.86. The number of aromatic amines is 1. The second-order valence-corrected chi connectivity index (χ2v) is 5.68. The van der Waals surface area contributed by atoms with E-state index in [9.17, 15) is 9.59 Å². The van der Waals surface area contributed by atoms with Crippen molar-refractivity contribution >= 4 is 28.5 Å². The maximum Gasteiger partial charge on any atom is 0.183 e. The smallest absolute Gasteiger partial charge is 0.183 e. The van der Waals surface area contributed by atoms with Crippen LogP contribution in [0.3, 0.4) is 0 Å². The van der Waals surface area contributed by atoms with Gasteiger partial charge in [0.1, 0.15) is 11.8 Å². The van der Waals surface area contributed by atoms with Crippen molar-refractivity contribution in [3.63, 3.8) is 0 Å². The molecule has 0 saturated carbocycles. The number of nitrogens with two attached hydrogens (primary N) is 1. The maximum atomic E-state index is 11.8. The first kappa shape index (κ1) is 17.9. The molecule has 1 atom stereocenters. The Morgan fingerprint density at radius 2 is 1.85 bits per heavy atom. The monoisotopic (exact) mass is 359 g/mol. The maximum absolute atomic E-state index is 11.8. The number of imidazole rings is 1. The number of allylic oxidation sites excluding steroid dienone is 5. The molecule has 7 heteroatoms. The third-order valence-corrected chi connectivity index (χ3v) is 3.96. The van der Waals surface area contributed by atoms with Gasteiger partial charge >= 0.3 is 0 Å². The molecule has 0 radical (unpaired) electrons. The van der Waals surface area contributed by atoms with E-state index in [1.54, 1.807) is 6.08 Å². The first-order valence-electron chi connectivity index (χ1n) is 8.15. The summed E-state index contributed by atoms with van der Waals surface area (Å²) in [5.74, 6) is -0.0687. The van der Waals surface area contributed by atoms with E-state index in [0.29, 0.717) is 22.6 Å². The number of anilines is 1. The quantitative estimate of drug-likeness (QED) is 0.548. The molecule has 1 aromatic carbocycles. The fraction of sp³-hybridized carbons (Fsp3) is 0.0500. The minimum atomic E-state index is -0.224. The molecule has 7 nitrogen and oxygen atoms in total. The molecule has 27 heavy (non-hydrogen) atoms. The Hall–Kier alpha value is -3.87. The zero-order valence-corrected chi connectivity index (χ0v) is 14.4. The van der Waals surface area contributed by atoms with Gasteiger partial charge in [-0.15, -0.1) is 6.58 Å². The molecule has 3 N–H and O–H groups in total. The van der Waals surface area contributed by atoms with Crippen molar-refractivity contribution in [3.8, 4) is 0 Å². The Balaban J connectivity index is 0.000000177. The number of nitrogen functional groups attached to an aromatic ring is 1. The van der Waals surface area contributed by atoms with E-state index >= 15 is 0 Å². The number of H-pyrrole nitrogens is 1. The SMILES string of the molecule is C=CC(C1=CC(=O)C=CC1=O)c1ccccc1.Nc1ncnc2nc[nH]c12. The number of carbonyl (C=O) groups excluding carboxylic acids is 2. The Kier molecular flexibility index (Phi) is 5.32. The van der Waals surface area contributed by atoms with Crippen molar-refractivity contribution in [2.45, 2.75) is 5.92 Å². The van der Waals surface area contributed by atoms with Crippen LogP contribution in [0.4, 0.5) is 5.82 Å².